The van der Waals surface area contributed by atoms with Crippen molar-refractivity contribution >= 4 is 12.4 Å². The first-order chi connectivity index (χ1) is 6.24. The number of rotatable bonds is 4. The summed E-state index contributed by atoms with van der Waals surface area (Å²) in [7, 11) is 0. The second-order valence-electron chi connectivity index (χ2n) is 3.24. The Morgan fingerprint density at radius 3 is 2.71 bits per heavy atom. The lowest BCUT2D eigenvalue weighted by atomic mass is 10.1. The molecule has 0 aliphatic heterocycles. The van der Waals surface area contributed by atoms with E-state index in [0.717, 1.165) is 24.2 Å². The van der Waals surface area contributed by atoms with E-state index in [1.807, 2.05) is 25.1 Å². The van der Waals surface area contributed by atoms with E-state index >= 15 is 0 Å². The highest BCUT2D eigenvalue weighted by Crippen LogP contribution is 2.12. The van der Waals surface area contributed by atoms with Crippen molar-refractivity contribution in [1.82, 2.24) is 4.98 Å². The van der Waals surface area contributed by atoms with Crippen molar-refractivity contribution in [2.45, 2.75) is 25.8 Å². The number of hydrogen-bond donors (Lipinski definition) is 2. The van der Waals surface area contributed by atoms with Gasteiger partial charge in [-0.1, -0.05) is 6.07 Å². The Labute approximate surface area is 91.3 Å². The number of aryl methyl sites for hydroxylation is 1. The van der Waals surface area contributed by atoms with E-state index in [1.54, 1.807) is 0 Å². The van der Waals surface area contributed by atoms with Gasteiger partial charge in [-0.2, -0.15) is 0 Å². The maximum Gasteiger partial charge on any atom is 0.0574 e. The molecule has 4 N–H and O–H groups in total. The first-order valence-electron chi connectivity index (χ1n) is 4.63. The third-order valence-corrected chi connectivity index (χ3v) is 2.01. The second-order valence-corrected chi connectivity index (χ2v) is 3.24. The Morgan fingerprint density at radius 1 is 1.43 bits per heavy atom. The predicted octanol–water partition coefficient (Wildman–Crippen LogP) is 1.55. The average Bonchev–Trinajstić information content (AvgIpc) is 2.14. The highest BCUT2D eigenvalue weighted by molar-refractivity contribution is 5.85. The summed E-state index contributed by atoms with van der Waals surface area (Å²) in [6, 6.07) is 5.95. The van der Waals surface area contributed by atoms with Gasteiger partial charge in [-0.05, 0) is 38.4 Å². The van der Waals surface area contributed by atoms with Crippen LogP contribution in [-0.4, -0.2) is 11.5 Å². The topological polar surface area (TPSA) is 64.9 Å². The number of nitrogens with two attached hydrogens (primary N) is 2. The van der Waals surface area contributed by atoms with Crippen LogP contribution in [0.1, 0.15) is 30.3 Å². The van der Waals surface area contributed by atoms with Crippen LogP contribution in [0.2, 0.25) is 0 Å². The lowest BCUT2D eigenvalue weighted by Crippen LogP contribution is -2.14. The smallest absolute Gasteiger partial charge is 0.0574 e. The fourth-order valence-corrected chi connectivity index (χ4v) is 1.26. The molecule has 0 amide bonds. The van der Waals surface area contributed by atoms with Crippen molar-refractivity contribution in [3.05, 3.63) is 29.6 Å². The largest absolute Gasteiger partial charge is 0.330 e. The summed E-state index contributed by atoms with van der Waals surface area (Å²) in [6.07, 6.45) is 1.86. The van der Waals surface area contributed by atoms with Gasteiger partial charge >= 0.3 is 0 Å². The Kier molecular flexibility index (Phi) is 6.45. The molecule has 4 heteroatoms. The third-order valence-electron chi connectivity index (χ3n) is 2.01. The number of hydrogen-bond acceptors (Lipinski definition) is 3. The quantitative estimate of drug-likeness (QED) is 0.801. The lowest BCUT2D eigenvalue weighted by molar-refractivity contribution is 0.602. The molecule has 0 aliphatic carbocycles. The van der Waals surface area contributed by atoms with Gasteiger partial charge in [0.05, 0.1) is 5.69 Å². The lowest BCUT2D eigenvalue weighted by Gasteiger charge is -2.10. The molecule has 0 saturated heterocycles. The molecular weight excluding hydrogens is 198 g/mol. The fraction of sp³-hybridized carbons (Fsp3) is 0.500. The monoisotopic (exact) mass is 215 g/mol. The zero-order chi connectivity index (χ0) is 9.68. The van der Waals surface area contributed by atoms with Crippen molar-refractivity contribution in [3.63, 3.8) is 0 Å². The summed E-state index contributed by atoms with van der Waals surface area (Å²) in [6.45, 7) is 2.67. The Morgan fingerprint density at radius 2 is 2.14 bits per heavy atom. The van der Waals surface area contributed by atoms with Crippen molar-refractivity contribution < 1.29 is 0 Å². The van der Waals surface area contributed by atoms with E-state index < -0.39 is 0 Å². The molecule has 0 aromatic carbocycles. The molecule has 0 aliphatic rings. The van der Waals surface area contributed by atoms with Gasteiger partial charge in [0.25, 0.3) is 0 Å². The van der Waals surface area contributed by atoms with Crippen LogP contribution in [0.5, 0.6) is 0 Å². The highest BCUT2D eigenvalue weighted by atomic mass is 35.5. The SMILES string of the molecule is Cc1cccc([C@@H](N)CCCN)n1.Cl. The highest BCUT2D eigenvalue weighted by Gasteiger charge is 2.05. The molecule has 1 atom stereocenters. The first kappa shape index (κ1) is 13.4. The van der Waals surface area contributed by atoms with Gasteiger partial charge in [0.15, 0.2) is 0 Å². The Hall–Kier alpha value is -0.640. The maximum absolute atomic E-state index is 5.93. The zero-order valence-corrected chi connectivity index (χ0v) is 9.26. The van der Waals surface area contributed by atoms with Gasteiger partial charge in [-0.15, -0.1) is 12.4 Å². The van der Waals surface area contributed by atoms with Crippen molar-refractivity contribution in [1.29, 1.82) is 0 Å². The summed E-state index contributed by atoms with van der Waals surface area (Å²) in [5.41, 5.74) is 13.3. The molecule has 3 nitrogen and oxygen atoms in total. The molecule has 1 aromatic rings. The average molecular weight is 216 g/mol. The number of nitrogens with zero attached hydrogens (tertiary/aromatic N) is 1. The van der Waals surface area contributed by atoms with Gasteiger partial charge in [0.2, 0.25) is 0 Å². The van der Waals surface area contributed by atoms with E-state index in [9.17, 15) is 0 Å². The molecule has 0 fully saturated rings. The minimum Gasteiger partial charge on any atom is -0.330 e. The van der Waals surface area contributed by atoms with Crippen molar-refractivity contribution in [3.8, 4) is 0 Å². The van der Waals surface area contributed by atoms with Crippen LogP contribution in [0.25, 0.3) is 0 Å². The molecule has 0 saturated carbocycles. The van der Waals surface area contributed by atoms with Gasteiger partial charge in [0.1, 0.15) is 0 Å². The Bertz CT molecular complexity index is 265. The fourth-order valence-electron chi connectivity index (χ4n) is 1.26. The number of aromatic nitrogens is 1. The normalized spacial score (nSPS) is 11.9. The number of halogens is 1. The summed E-state index contributed by atoms with van der Waals surface area (Å²) in [5, 5.41) is 0. The first-order valence-corrected chi connectivity index (χ1v) is 4.63. The van der Waals surface area contributed by atoms with Crippen LogP contribution in [0.4, 0.5) is 0 Å². The molecule has 1 aromatic heterocycles. The molecular formula is C10H18ClN3. The van der Waals surface area contributed by atoms with E-state index in [2.05, 4.69) is 4.98 Å². The molecule has 14 heavy (non-hydrogen) atoms. The molecule has 0 radical (unpaired) electrons. The van der Waals surface area contributed by atoms with Crippen LogP contribution in [0.3, 0.4) is 0 Å². The van der Waals surface area contributed by atoms with E-state index in [0.29, 0.717) is 6.54 Å². The van der Waals surface area contributed by atoms with Gasteiger partial charge in [-0.3, -0.25) is 4.98 Å². The number of pyridine rings is 1. The summed E-state index contributed by atoms with van der Waals surface area (Å²) < 4.78 is 0. The van der Waals surface area contributed by atoms with Crippen LogP contribution in [-0.2, 0) is 0 Å². The summed E-state index contributed by atoms with van der Waals surface area (Å²) in [5.74, 6) is 0. The standard InChI is InChI=1S/C10H17N3.ClH/c1-8-4-2-6-10(13-8)9(12)5-3-7-11;/h2,4,6,9H,3,5,7,11-12H2,1H3;1H/t9-;/m0./s1. The second kappa shape index (κ2) is 6.76. The minimum absolute atomic E-state index is 0. The van der Waals surface area contributed by atoms with E-state index in [1.165, 1.54) is 0 Å². The predicted molar refractivity (Wildman–Crippen MR) is 61.4 cm³/mol. The molecule has 1 rings (SSSR count). The van der Waals surface area contributed by atoms with E-state index in [4.69, 9.17) is 11.5 Å². The molecule has 1 heterocycles. The third kappa shape index (κ3) is 4.05. The van der Waals surface area contributed by atoms with Crippen molar-refractivity contribution in [2.24, 2.45) is 11.5 Å². The molecule has 0 spiro atoms. The van der Waals surface area contributed by atoms with Crippen LogP contribution < -0.4 is 11.5 Å². The molecule has 0 bridgehead atoms. The minimum atomic E-state index is 0. The Balaban J connectivity index is 0.00000169. The van der Waals surface area contributed by atoms with Gasteiger partial charge in [-0.25, -0.2) is 0 Å². The molecule has 0 unspecified atom stereocenters. The summed E-state index contributed by atoms with van der Waals surface area (Å²) >= 11 is 0. The van der Waals surface area contributed by atoms with Gasteiger partial charge in [0, 0.05) is 11.7 Å². The van der Waals surface area contributed by atoms with Crippen LogP contribution in [0.15, 0.2) is 18.2 Å². The van der Waals surface area contributed by atoms with Crippen LogP contribution >= 0.6 is 12.4 Å². The maximum atomic E-state index is 5.93. The van der Waals surface area contributed by atoms with Gasteiger partial charge < -0.3 is 11.5 Å². The zero-order valence-electron chi connectivity index (χ0n) is 8.44. The van der Waals surface area contributed by atoms with Crippen LogP contribution in [0, 0.1) is 6.92 Å². The summed E-state index contributed by atoms with van der Waals surface area (Å²) in [4.78, 5) is 4.36. The van der Waals surface area contributed by atoms with E-state index in [-0.39, 0.29) is 18.4 Å². The van der Waals surface area contributed by atoms with Crippen molar-refractivity contribution in [2.75, 3.05) is 6.54 Å². The molecule has 80 valence electrons.